The maximum atomic E-state index is 13.1. The number of amides is 1. The maximum absolute atomic E-state index is 13.1. The average molecular weight is 420 g/mol. The molecule has 0 N–H and O–H groups in total. The minimum Gasteiger partial charge on any atom is -0.316 e. The van der Waals surface area contributed by atoms with Crippen LogP contribution in [-0.4, -0.2) is 42.3 Å². The van der Waals surface area contributed by atoms with Crippen LogP contribution in [0.2, 0.25) is 0 Å². The predicted octanol–water partition coefficient (Wildman–Crippen LogP) is 3.35. The molecule has 2 heterocycles. The van der Waals surface area contributed by atoms with Gasteiger partial charge in [0, 0.05) is 16.4 Å². The number of hydrogen-bond donors (Lipinski definition) is 0. The van der Waals surface area contributed by atoms with Crippen molar-refractivity contribution in [3.63, 3.8) is 0 Å². The molecule has 0 radical (unpaired) electrons. The quantitative estimate of drug-likeness (QED) is 0.697. The normalized spacial score (nSPS) is 26.4. The van der Waals surface area contributed by atoms with Crippen LogP contribution in [0.3, 0.4) is 0 Å². The van der Waals surface area contributed by atoms with Crippen molar-refractivity contribution in [1.29, 1.82) is 0 Å². The number of halogens is 3. The zero-order chi connectivity index (χ0) is 20.2. The third kappa shape index (κ3) is 4.16. The Kier molecular flexibility index (Phi) is 4.87. The van der Waals surface area contributed by atoms with Gasteiger partial charge in [0.1, 0.15) is 0 Å². The third-order valence-corrected chi connectivity index (χ3v) is 7.57. The maximum Gasteiger partial charge on any atom is 0.416 e. The first kappa shape index (κ1) is 20.2. The highest BCUT2D eigenvalue weighted by Gasteiger charge is 2.50. The third-order valence-electron chi connectivity index (χ3n) is 4.36. The molecule has 2 aliphatic heterocycles. The number of amidine groups is 1. The molecule has 1 aromatic carbocycles. The molecule has 0 saturated carbocycles. The first-order chi connectivity index (χ1) is 12.3. The Morgan fingerprint density at radius 2 is 1.89 bits per heavy atom. The van der Waals surface area contributed by atoms with Crippen molar-refractivity contribution < 1.29 is 26.4 Å². The number of aliphatic imine (C=N–C) groups is 1. The van der Waals surface area contributed by atoms with E-state index in [0.717, 1.165) is 23.9 Å². The lowest BCUT2D eigenvalue weighted by atomic mass is 9.96. The van der Waals surface area contributed by atoms with Crippen LogP contribution in [0.1, 0.15) is 26.3 Å². The highest BCUT2D eigenvalue weighted by Crippen LogP contribution is 2.42. The molecule has 2 atom stereocenters. The van der Waals surface area contributed by atoms with E-state index < -0.39 is 38.9 Å². The van der Waals surface area contributed by atoms with Crippen LogP contribution in [0.5, 0.6) is 0 Å². The van der Waals surface area contributed by atoms with Gasteiger partial charge in [-0.1, -0.05) is 38.6 Å². The van der Waals surface area contributed by atoms with E-state index in [1.165, 1.54) is 17.0 Å². The lowest BCUT2D eigenvalue weighted by Crippen LogP contribution is -2.38. The average Bonchev–Trinajstić information content (AvgIpc) is 2.96. The molecule has 10 heteroatoms. The van der Waals surface area contributed by atoms with Gasteiger partial charge in [-0.25, -0.2) is 8.42 Å². The van der Waals surface area contributed by atoms with Gasteiger partial charge < -0.3 is 4.90 Å². The second kappa shape index (κ2) is 6.51. The van der Waals surface area contributed by atoms with Crippen molar-refractivity contribution in [2.24, 2.45) is 10.4 Å². The van der Waals surface area contributed by atoms with Crippen molar-refractivity contribution in [3.05, 3.63) is 29.8 Å². The summed E-state index contributed by atoms with van der Waals surface area (Å²) in [4.78, 5) is 17.9. The molecule has 0 bridgehead atoms. The Morgan fingerprint density at radius 3 is 2.48 bits per heavy atom. The van der Waals surface area contributed by atoms with Crippen LogP contribution in [0.25, 0.3) is 0 Å². The Balaban J connectivity index is 2.07. The fourth-order valence-electron chi connectivity index (χ4n) is 2.95. The van der Waals surface area contributed by atoms with E-state index in [4.69, 9.17) is 0 Å². The number of carbonyl (C=O) groups is 1. The van der Waals surface area contributed by atoms with Crippen molar-refractivity contribution in [3.8, 4) is 0 Å². The summed E-state index contributed by atoms with van der Waals surface area (Å²) >= 11 is 1.14. The smallest absolute Gasteiger partial charge is 0.316 e. The largest absolute Gasteiger partial charge is 0.416 e. The molecular weight excluding hydrogens is 401 g/mol. The number of carbonyl (C=O) groups excluding carboxylic acids is 1. The number of sulfone groups is 1. The van der Waals surface area contributed by atoms with E-state index in [-0.39, 0.29) is 27.6 Å². The number of fused-ring (bicyclic) bond motifs is 1. The summed E-state index contributed by atoms with van der Waals surface area (Å²) in [5.41, 5.74) is -1.41. The highest BCUT2D eigenvalue weighted by molar-refractivity contribution is 8.16. The van der Waals surface area contributed by atoms with Crippen LogP contribution < -0.4 is 4.90 Å². The number of anilines is 1. The zero-order valence-electron chi connectivity index (χ0n) is 14.9. The molecule has 1 amide bonds. The molecule has 2 aliphatic rings. The Morgan fingerprint density at radius 1 is 1.22 bits per heavy atom. The van der Waals surface area contributed by atoms with Crippen LogP contribution in [0.4, 0.5) is 18.9 Å². The van der Waals surface area contributed by atoms with Crippen LogP contribution in [-0.2, 0) is 20.8 Å². The number of hydrogen-bond acceptors (Lipinski definition) is 4. The number of benzene rings is 1. The van der Waals surface area contributed by atoms with Crippen molar-refractivity contribution in [2.45, 2.75) is 38.2 Å². The van der Waals surface area contributed by atoms with E-state index in [1.54, 1.807) is 20.8 Å². The summed E-state index contributed by atoms with van der Waals surface area (Å²) in [6.45, 7) is 5.08. The summed E-state index contributed by atoms with van der Waals surface area (Å²) in [7, 11) is -3.29. The standard InChI is InChI=1S/C17H19F3N2O3S2/c1-16(2,3)14(23)21-15-22(12-8-27(24,25)9-13(12)26-15)11-6-4-5-10(7-11)17(18,19)20/h4-7,12-13H,8-9H2,1-3H3/t12-,13-/m1/s1. The summed E-state index contributed by atoms with van der Waals surface area (Å²) in [6.07, 6.45) is -4.53. The monoisotopic (exact) mass is 420 g/mol. The molecule has 3 rings (SSSR count). The first-order valence-electron chi connectivity index (χ1n) is 8.25. The second-order valence-corrected chi connectivity index (χ2v) is 11.0. The van der Waals surface area contributed by atoms with Gasteiger partial charge in [-0.15, -0.1) is 0 Å². The van der Waals surface area contributed by atoms with E-state index in [1.807, 2.05) is 0 Å². The van der Waals surface area contributed by atoms with Crippen molar-refractivity contribution in [1.82, 2.24) is 0 Å². The van der Waals surface area contributed by atoms with E-state index in [9.17, 15) is 26.4 Å². The van der Waals surface area contributed by atoms with Crippen LogP contribution in [0.15, 0.2) is 29.3 Å². The molecular formula is C17H19F3N2O3S2. The summed E-state index contributed by atoms with van der Waals surface area (Å²) in [6, 6.07) is 4.11. The van der Waals surface area contributed by atoms with Gasteiger partial charge in [0.25, 0.3) is 5.91 Å². The fraction of sp³-hybridized carbons (Fsp3) is 0.529. The minimum atomic E-state index is -4.53. The summed E-state index contributed by atoms with van der Waals surface area (Å²) in [5, 5.41) is -0.116. The molecule has 2 saturated heterocycles. The number of alkyl halides is 3. The number of nitrogens with zero attached hydrogens (tertiary/aromatic N) is 2. The Hall–Kier alpha value is -1.55. The summed E-state index contributed by atoms with van der Waals surface area (Å²) in [5.74, 6) is -0.672. The number of rotatable bonds is 1. The molecule has 5 nitrogen and oxygen atoms in total. The molecule has 0 aromatic heterocycles. The molecule has 27 heavy (non-hydrogen) atoms. The Labute approximate surface area is 159 Å². The molecule has 0 aliphatic carbocycles. The summed E-state index contributed by atoms with van der Waals surface area (Å²) < 4.78 is 63.3. The molecule has 2 fully saturated rings. The first-order valence-corrected chi connectivity index (χ1v) is 10.9. The predicted molar refractivity (Wildman–Crippen MR) is 99.6 cm³/mol. The van der Waals surface area contributed by atoms with E-state index >= 15 is 0 Å². The van der Waals surface area contributed by atoms with Crippen molar-refractivity contribution in [2.75, 3.05) is 16.4 Å². The molecule has 0 unspecified atom stereocenters. The van der Waals surface area contributed by atoms with E-state index in [2.05, 4.69) is 4.99 Å². The topological polar surface area (TPSA) is 66.8 Å². The lowest BCUT2D eigenvalue weighted by Gasteiger charge is -2.26. The Bertz CT molecular complexity index is 905. The molecule has 1 aromatic rings. The number of thioether (sulfide) groups is 1. The van der Waals surface area contributed by atoms with Gasteiger partial charge >= 0.3 is 6.18 Å². The van der Waals surface area contributed by atoms with E-state index in [0.29, 0.717) is 0 Å². The second-order valence-electron chi connectivity index (χ2n) is 7.67. The van der Waals surface area contributed by atoms with Crippen molar-refractivity contribution >= 4 is 38.4 Å². The SMILES string of the molecule is CC(C)(C)C(=O)N=C1S[C@@H]2CS(=O)(=O)C[C@H]2N1c1cccc(C(F)(F)F)c1. The van der Waals surface area contributed by atoms with Crippen LogP contribution >= 0.6 is 11.8 Å². The van der Waals surface area contributed by atoms with Gasteiger partial charge in [0.05, 0.1) is 23.1 Å². The fourth-order valence-corrected chi connectivity index (χ4v) is 6.87. The van der Waals surface area contributed by atoms with Gasteiger partial charge in [0.15, 0.2) is 15.0 Å². The molecule has 0 spiro atoms. The lowest BCUT2D eigenvalue weighted by molar-refractivity contribution is -0.137. The van der Waals surface area contributed by atoms with Gasteiger partial charge in [-0.05, 0) is 18.2 Å². The highest BCUT2D eigenvalue weighted by atomic mass is 32.2. The van der Waals surface area contributed by atoms with Gasteiger partial charge in [-0.2, -0.15) is 18.2 Å². The minimum absolute atomic E-state index is 0.0828. The zero-order valence-corrected chi connectivity index (χ0v) is 16.6. The van der Waals surface area contributed by atoms with Gasteiger partial charge in [-0.3, -0.25) is 4.79 Å². The molecule has 148 valence electrons. The van der Waals surface area contributed by atoms with Gasteiger partial charge in [0.2, 0.25) is 0 Å². The van der Waals surface area contributed by atoms with Crippen LogP contribution in [0, 0.1) is 5.41 Å².